The standard InChI is InChI=1S/C6H16N4O2/c1-5(11)6(12)3-2-4-9-10(7)8/h6-7,9-10,12H,2-4,8H2,1H3. The van der Waals surface area contributed by atoms with Crippen molar-refractivity contribution in [2.24, 2.45) is 5.84 Å². The summed E-state index contributed by atoms with van der Waals surface area (Å²) < 4.78 is 0. The highest BCUT2D eigenvalue weighted by Crippen LogP contribution is 1.95. The summed E-state index contributed by atoms with van der Waals surface area (Å²) in [5.74, 6) is 11.6. The van der Waals surface area contributed by atoms with E-state index in [9.17, 15) is 4.79 Å². The predicted molar refractivity (Wildman–Crippen MR) is 43.4 cm³/mol. The summed E-state index contributed by atoms with van der Waals surface area (Å²) in [6.07, 6.45) is 0.161. The van der Waals surface area contributed by atoms with Crippen molar-refractivity contribution >= 4 is 5.78 Å². The molecule has 0 aromatic rings. The number of aliphatic hydroxyl groups is 1. The van der Waals surface area contributed by atoms with Gasteiger partial charge in [0.1, 0.15) is 6.10 Å². The number of hydrogen-bond donors (Lipinski definition) is 4. The zero-order valence-electron chi connectivity index (χ0n) is 7.13. The Labute approximate surface area is 71.4 Å². The fraction of sp³-hybridized carbons (Fsp3) is 0.833. The molecule has 0 fully saturated rings. The van der Waals surface area contributed by atoms with Crippen molar-refractivity contribution in [3.63, 3.8) is 0 Å². The van der Waals surface area contributed by atoms with E-state index in [-0.39, 0.29) is 11.0 Å². The Morgan fingerprint density at radius 1 is 1.83 bits per heavy atom. The Morgan fingerprint density at radius 2 is 2.42 bits per heavy atom. The molecule has 0 saturated heterocycles. The van der Waals surface area contributed by atoms with Gasteiger partial charge in [-0.2, -0.15) is 11.3 Å². The minimum atomic E-state index is -0.876. The van der Waals surface area contributed by atoms with Crippen LogP contribution in [0, 0.1) is 0 Å². The number of Topliss-reactive ketones (excluding diaryl/α,β-unsaturated/α-hetero) is 1. The molecule has 0 spiro atoms. The van der Waals surface area contributed by atoms with Crippen LogP contribution in [0.5, 0.6) is 0 Å². The van der Waals surface area contributed by atoms with Crippen LogP contribution in [0.15, 0.2) is 0 Å². The van der Waals surface area contributed by atoms with Crippen LogP contribution in [0.4, 0.5) is 0 Å². The molecule has 2 unspecified atom stereocenters. The summed E-state index contributed by atoms with van der Waals surface area (Å²) in [5, 5.41) is 8.94. The highest BCUT2D eigenvalue weighted by atomic mass is 16.3. The van der Waals surface area contributed by atoms with Crippen LogP contribution in [-0.2, 0) is 4.79 Å². The zero-order valence-corrected chi connectivity index (χ0v) is 7.13. The average Bonchev–Trinajstić information content (AvgIpc) is 1.97. The number of quaternary nitrogens is 1. The molecule has 2 atom stereocenters. The lowest BCUT2D eigenvalue weighted by Crippen LogP contribution is -3.18. The molecule has 0 aromatic heterocycles. The number of ketones is 1. The number of carbonyl (C=O) groups is 1. The Morgan fingerprint density at radius 3 is 2.83 bits per heavy atom. The molecule has 0 radical (unpaired) electrons. The summed E-state index contributed by atoms with van der Waals surface area (Å²) in [4.78, 5) is 10.5. The van der Waals surface area contributed by atoms with Gasteiger partial charge in [0.05, 0.1) is 0 Å². The fourth-order valence-electron chi connectivity index (χ4n) is 0.722. The maximum atomic E-state index is 10.5. The number of hydrogen-bond acceptors (Lipinski definition) is 4. The summed E-state index contributed by atoms with van der Waals surface area (Å²) >= 11 is 0. The molecule has 0 aliphatic rings. The van der Waals surface area contributed by atoms with Crippen molar-refractivity contribution in [1.82, 2.24) is 5.43 Å². The maximum Gasteiger partial charge on any atom is 0.158 e. The topological polar surface area (TPSA) is 104 Å². The first-order valence-corrected chi connectivity index (χ1v) is 3.80. The van der Waals surface area contributed by atoms with E-state index in [0.29, 0.717) is 19.4 Å². The van der Waals surface area contributed by atoms with Crippen LogP contribution in [0.2, 0.25) is 0 Å². The largest absolute Gasteiger partial charge is 0.427 e. The van der Waals surface area contributed by atoms with Gasteiger partial charge in [0.15, 0.2) is 5.78 Å². The van der Waals surface area contributed by atoms with Gasteiger partial charge >= 0.3 is 0 Å². The third-order valence-corrected chi connectivity index (χ3v) is 1.44. The van der Waals surface area contributed by atoms with E-state index in [4.69, 9.17) is 16.8 Å². The van der Waals surface area contributed by atoms with E-state index in [1.165, 1.54) is 6.92 Å². The molecule has 6 nitrogen and oxygen atoms in total. The number of carbonyl (C=O) groups excluding carboxylic acids is 1. The molecule has 0 saturated carbocycles. The minimum absolute atomic E-state index is 0.0904. The summed E-state index contributed by atoms with van der Waals surface area (Å²) in [6, 6.07) is 0. The highest BCUT2D eigenvalue weighted by molar-refractivity contribution is 5.79. The third kappa shape index (κ3) is 6.20. The quantitative estimate of drug-likeness (QED) is 0.212. The van der Waals surface area contributed by atoms with Gasteiger partial charge in [0.2, 0.25) is 0 Å². The van der Waals surface area contributed by atoms with Crippen molar-refractivity contribution < 1.29 is 15.1 Å². The predicted octanol–water partition coefficient (Wildman–Crippen LogP) is -2.05. The number of rotatable bonds is 6. The normalized spacial score (nSPS) is 15.7. The first-order chi connectivity index (χ1) is 5.54. The van der Waals surface area contributed by atoms with Crippen molar-refractivity contribution in [2.75, 3.05) is 6.54 Å². The van der Waals surface area contributed by atoms with Gasteiger partial charge < -0.3 is 10.9 Å². The lowest BCUT2D eigenvalue weighted by molar-refractivity contribution is -0.909. The number of nitrogens with one attached hydrogen (secondary N) is 3. The van der Waals surface area contributed by atoms with E-state index in [1.807, 2.05) is 0 Å². The molecule has 0 amide bonds. The monoisotopic (exact) mass is 176 g/mol. The summed E-state index contributed by atoms with van der Waals surface area (Å²) in [7, 11) is 0. The van der Waals surface area contributed by atoms with Gasteiger partial charge in [-0.25, -0.2) is 0 Å². The first-order valence-electron chi connectivity index (χ1n) is 3.80. The molecule has 72 valence electrons. The summed E-state index contributed by atoms with van der Waals surface area (Å²) in [5.41, 5.74) is 2.58. The van der Waals surface area contributed by atoms with Gasteiger partial charge in [-0.1, -0.05) is 0 Å². The van der Waals surface area contributed by atoms with Crippen molar-refractivity contribution in [1.29, 1.82) is 0 Å². The van der Waals surface area contributed by atoms with Gasteiger partial charge in [-0.15, -0.1) is 0 Å². The molecule has 0 heterocycles. The van der Waals surface area contributed by atoms with Crippen molar-refractivity contribution in [2.45, 2.75) is 25.9 Å². The fourth-order valence-corrected chi connectivity index (χ4v) is 0.722. The molecule has 0 aliphatic heterocycles. The molecule has 0 aromatic carbocycles. The second-order valence-electron chi connectivity index (χ2n) is 2.61. The second kappa shape index (κ2) is 6.04. The molecular formula is C6H16N4O2. The molecule has 0 rings (SSSR count). The molecular weight excluding hydrogens is 160 g/mol. The Kier molecular flexibility index (Phi) is 5.77. The lowest BCUT2D eigenvalue weighted by Gasteiger charge is -2.14. The lowest BCUT2D eigenvalue weighted by atomic mass is 10.1. The third-order valence-electron chi connectivity index (χ3n) is 1.44. The average molecular weight is 176 g/mol. The van der Waals surface area contributed by atoms with E-state index >= 15 is 0 Å². The molecule has 12 heavy (non-hydrogen) atoms. The maximum absolute atomic E-state index is 10.5. The van der Waals surface area contributed by atoms with Gasteiger partial charge in [-0.05, 0) is 19.8 Å². The van der Waals surface area contributed by atoms with E-state index < -0.39 is 6.10 Å². The van der Waals surface area contributed by atoms with E-state index in [1.54, 1.807) is 0 Å². The highest BCUT2D eigenvalue weighted by Gasteiger charge is 2.08. The van der Waals surface area contributed by atoms with Gasteiger partial charge in [0.25, 0.3) is 0 Å². The van der Waals surface area contributed by atoms with Crippen LogP contribution < -0.4 is 16.5 Å². The van der Waals surface area contributed by atoms with Crippen LogP contribution in [0.25, 0.3) is 5.84 Å². The van der Waals surface area contributed by atoms with Crippen LogP contribution in [0.3, 0.4) is 0 Å². The smallest absolute Gasteiger partial charge is 0.158 e. The Bertz CT molecular complexity index is 140. The Balaban J connectivity index is 3.25. The molecule has 0 aliphatic carbocycles. The second-order valence-corrected chi connectivity index (χ2v) is 2.61. The van der Waals surface area contributed by atoms with Crippen molar-refractivity contribution in [3.05, 3.63) is 5.84 Å². The number of nitrogens with two attached hydrogens (primary N) is 1. The van der Waals surface area contributed by atoms with Gasteiger partial charge in [-0.3, -0.25) is 10.0 Å². The van der Waals surface area contributed by atoms with E-state index in [0.717, 1.165) is 0 Å². The molecule has 0 bridgehead atoms. The number of aliphatic hydroxyl groups excluding tert-OH is 1. The zero-order chi connectivity index (χ0) is 9.56. The van der Waals surface area contributed by atoms with Crippen LogP contribution >= 0.6 is 0 Å². The van der Waals surface area contributed by atoms with E-state index in [2.05, 4.69) is 5.43 Å². The first kappa shape index (κ1) is 11.5. The van der Waals surface area contributed by atoms with Crippen molar-refractivity contribution in [3.8, 4) is 0 Å². The molecule has 6 heteroatoms. The Hall–Kier alpha value is -0.530. The SMILES string of the molecule is CC(=O)C(O)CCCN[NH+]([NH-])N. The minimum Gasteiger partial charge on any atom is -0.427 e. The van der Waals surface area contributed by atoms with Crippen LogP contribution in [-0.4, -0.2) is 23.5 Å². The van der Waals surface area contributed by atoms with Crippen LogP contribution in [0.1, 0.15) is 19.8 Å². The van der Waals surface area contributed by atoms with Gasteiger partial charge in [0, 0.05) is 6.54 Å². The summed E-state index contributed by atoms with van der Waals surface area (Å²) in [6.45, 7) is 1.86. The molecule has 6 N–H and O–H groups in total.